The van der Waals surface area contributed by atoms with Crippen molar-refractivity contribution in [2.24, 2.45) is 0 Å². The highest BCUT2D eigenvalue weighted by Gasteiger charge is 2.16. The van der Waals surface area contributed by atoms with E-state index in [2.05, 4.69) is 51.6 Å². The molecule has 1 aliphatic rings. The Balaban J connectivity index is 1.23. The third kappa shape index (κ3) is 6.87. The second kappa shape index (κ2) is 11.0. The summed E-state index contributed by atoms with van der Waals surface area (Å²) in [5, 5.41) is 7.59. The van der Waals surface area contributed by atoms with E-state index in [1.807, 2.05) is 11.4 Å². The van der Waals surface area contributed by atoms with E-state index in [9.17, 15) is 9.59 Å². The van der Waals surface area contributed by atoms with Crippen molar-refractivity contribution >= 4 is 28.8 Å². The van der Waals surface area contributed by atoms with Gasteiger partial charge in [-0.25, -0.2) is 0 Å². The number of carbonyl (C=O) groups is 2. The molecule has 0 bridgehead atoms. The van der Waals surface area contributed by atoms with Gasteiger partial charge in [-0.05, 0) is 49.0 Å². The zero-order chi connectivity index (χ0) is 20.5. The number of rotatable bonds is 9. The van der Waals surface area contributed by atoms with Crippen LogP contribution in [0, 0.1) is 6.92 Å². The predicted octanol–water partition coefficient (Wildman–Crippen LogP) is 2.50. The summed E-state index contributed by atoms with van der Waals surface area (Å²) in [7, 11) is 0. The molecule has 1 aliphatic heterocycles. The highest BCUT2D eigenvalue weighted by atomic mass is 32.1. The molecule has 0 radical (unpaired) electrons. The fraction of sp³-hybridized carbons (Fsp3) is 0.455. The lowest BCUT2D eigenvalue weighted by Gasteiger charge is -2.36. The Morgan fingerprint density at radius 1 is 1.03 bits per heavy atom. The van der Waals surface area contributed by atoms with Crippen molar-refractivity contribution in [2.45, 2.75) is 19.8 Å². The van der Waals surface area contributed by atoms with Crippen LogP contribution in [0.1, 0.15) is 28.1 Å². The SMILES string of the molecule is Cc1cccc(N2CCN(CCCNC(=O)CCNC(=O)c3cccs3)CC2)c1. The van der Waals surface area contributed by atoms with Crippen LogP contribution in [0.5, 0.6) is 0 Å². The van der Waals surface area contributed by atoms with E-state index in [1.54, 1.807) is 6.07 Å². The molecule has 0 aliphatic carbocycles. The molecule has 2 aromatic rings. The van der Waals surface area contributed by atoms with Crippen molar-refractivity contribution in [2.75, 3.05) is 50.7 Å². The number of piperazine rings is 1. The molecule has 29 heavy (non-hydrogen) atoms. The number of hydrogen-bond acceptors (Lipinski definition) is 5. The van der Waals surface area contributed by atoms with Crippen LogP contribution in [0.4, 0.5) is 5.69 Å². The molecule has 0 spiro atoms. The van der Waals surface area contributed by atoms with Crippen molar-refractivity contribution < 1.29 is 9.59 Å². The summed E-state index contributed by atoms with van der Waals surface area (Å²) in [5.41, 5.74) is 2.61. The molecule has 0 atom stereocenters. The summed E-state index contributed by atoms with van der Waals surface area (Å²) in [6.45, 7) is 8.36. The number of anilines is 1. The maximum Gasteiger partial charge on any atom is 0.261 e. The van der Waals surface area contributed by atoms with E-state index in [0.29, 0.717) is 24.4 Å². The molecule has 2 N–H and O–H groups in total. The number of hydrogen-bond donors (Lipinski definition) is 2. The Hall–Kier alpha value is -2.38. The number of carbonyl (C=O) groups excluding carboxylic acids is 2. The zero-order valence-corrected chi connectivity index (χ0v) is 17.8. The molecule has 156 valence electrons. The summed E-state index contributed by atoms with van der Waals surface area (Å²) < 4.78 is 0. The number of amides is 2. The highest BCUT2D eigenvalue weighted by Crippen LogP contribution is 2.17. The van der Waals surface area contributed by atoms with Crippen LogP contribution in [-0.4, -0.2) is 62.5 Å². The first-order chi connectivity index (χ1) is 14.1. The molecule has 1 saturated heterocycles. The van der Waals surface area contributed by atoms with E-state index in [0.717, 1.165) is 39.1 Å². The third-order valence-electron chi connectivity index (χ3n) is 5.09. The van der Waals surface area contributed by atoms with Gasteiger partial charge in [0.25, 0.3) is 5.91 Å². The van der Waals surface area contributed by atoms with Gasteiger partial charge in [-0.15, -0.1) is 11.3 Å². The minimum atomic E-state index is -0.113. The van der Waals surface area contributed by atoms with Gasteiger partial charge in [-0.2, -0.15) is 0 Å². The van der Waals surface area contributed by atoms with Gasteiger partial charge in [0.2, 0.25) is 5.91 Å². The van der Waals surface area contributed by atoms with Gasteiger partial charge >= 0.3 is 0 Å². The first-order valence-electron chi connectivity index (χ1n) is 10.2. The number of nitrogens with one attached hydrogen (secondary N) is 2. The van der Waals surface area contributed by atoms with Crippen LogP contribution in [0.15, 0.2) is 41.8 Å². The molecular weight excluding hydrogens is 384 g/mol. The Morgan fingerprint density at radius 2 is 1.86 bits per heavy atom. The van der Waals surface area contributed by atoms with Crippen LogP contribution in [-0.2, 0) is 4.79 Å². The average molecular weight is 415 g/mol. The molecule has 6 nitrogen and oxygen atoms in total. The fourth-order valence-electron chi connectivity index (χ4n) is 3.46. The first-order valence-corrected chi connectivity index (χ1v) is 11.1. The topological polar surface area (TPSA) is 64.7 Å². The van der Waals surface area contributed by atoms with Crippen LogP contribution >= 0.6 is 11.3 Å². The molecule has 3 rings (SSSR count). The van der Waals surface area contributed by atoms with Crippen LogP contribution < -0.4 is 15.5 Å². The zero-order valence-electron chi connectivity index (χ0n) is 17.0. The Bertz CT molecular complexity index is 786. The van der Waals surface area contributed by atoms with E-state index in [4.69, 9.17) is 0 Å². The van der Waals surface area contributed by atoms with E-state index in [-0.39, 0.29) is 11.8 Å². The number of benzene rings is 1. The highest BCUT2D eigenvalue weighted by molar-refractivity contribution is 7.12. The van der Waals surface area contributed by atoms with Gasteiger partial charge in [0, 0.05) is 51.4 Å². The van der Waals surface area contributed by atoms with Crippen molar-refractivity contribution in [3.8, 4) is 0 Å². The predicted molar refractivity (Wildman–Crippen MR) is 119 cm³/mol. The maximum absolute atomic E-state index is 11.9. The smallest absolute Gasteiger partial charge is 0.261 e. The van der Waals surface area contributed by atoms with Crippen LogP contribution in [0.25, 0.3) is 0 Å². The molecule has 2 amide bonds. The van der Waals surface area contributed by atoms with Crippen LogP contribution in [0.3, 0.4) is 0 Å². The lowest BCUT2D eigenvalue weighted by molar-refractivity contribution is -0.120. The second-order valence-corrected chi connectivity index (χ2v) is 8.30. The fourth-order valence-corrected chi connectivity index (χ4v) is 4.10. The Morgan fingerprint density at radius 3 is 2.59 bits per heavy atom. The molecule has 7 heteroatoms. The Labute approximate surface area is 176 Å². The Kier molecular flexibility index (Phi) is 8.07. The van der Waals surface area contributed by atoms with Crippen LogP contribution in [0.2, 0.25) is 0 Å². The van der Waals surface area contributed by atoms with Gasteiger partial charge in [0.1, 0.15) is 0 Å². The summed E-state index contributed by atoms with van der Waals surface area (Å²) in [5.74, 6) is -0.127. The molecule has 1 aromatic carbocycles. The van der Waals surface area contributed by atoms with E-state index < -0.39 is 0 Å². The van der Waals surface area contributed by atoms with Crippen molar-refractivity contribution in [1.29, 1.82) is 0 Å². The number of nitrogens with zero attached hydrogens (tertiary/aromatic N) is 2. The van der Waals surface area contributed by atoms with Crippen molar-refractivity contribution in [1.82, 2.24) is 15.5 Å². The molecule has 0 unspecified atom stereocenters. The minimum absolute atomic E-state index is 0.0132. The van der Waals surface area contributed by atoms with E-state index >= 15 is 0 Å². The van der Waals surface area contributed by atoms with Gasteiger partial charge < -0.3 is 15.5 Å². The summed E-state index contributed by atoms with van der Waals surface area (Å²) in [4.78, 5) is 29.3. The molecule has 2 heterocycles. The summed E-state index contributed by atoms with van der Waals surface area (Å²) in [6, 6.07) is 12.3. The van der Waals surface area contributed by atoms with Gasteiger partial charge in [-0.3, -0.25) is 14.5 Å². The largest absolute Gasteiger partial charge is 0.369 e. The van der Waals surface area contributed by atoms with Gasteiger partial charge in [0.15, 0.2) is 0 Å². The number of thiophene rings is 1. The standard InChI is InChI=1S/C22H30N4O2S/c1-18-5-2-6-19(17-18)26-14-12-25(13-15-26)11-4-9-23-21(27)8-10-24-22(28)20-7-3-16-29-20/h2-3,5-7,16-17H,4,8-15H2,1H3,(H,23,27)(H,24,28). The molecule has 1 aromatic heterocycles. The third-order valence-corrected chi connectivity index (χ3v) is 5.96. The van der Waals surface area contributed by atoms with Gasteiger partial charge in [-0.1, -0.05) is 18.2 Å². The quantitative estimate of drug-likeness (QED) is 0.619. The molecule has 1 fully saturated rings. The number of aryl methyl sites for hydroxylation is 1. The molecular formula is C22H30N4O2S. The lowest BCUT2D eigenvalue weighted by atomic mass is 10.2. The molecule has 0 saturated carbocycles. The summed E-state index contributed by atoms with van der Waals surface area (Å²) in [6.07, 6.45) is 1.25. The maximum atomic E-state index is 11.9. The van der Waals surface area contributed by atoms with Crippen molar-refractivity contribution in [3.63, 3.8) is 0 Å². The van der Waals surface area contributed by atoms with Crippen molar-refractivity contribution in [3.05, 3.63) is 52.2 Å². The van der Waals surface area contributed by atoms with E-state index in [1.165, 1.54) is 22.6 Å². The summed E-state index contributed by atoms with van der Waals surface area (Å²) >= 11 is 1.40. The first kappa shape index (κ1) is 21.3. The monoisotopic (exact) mass is 414 g/mol. The van der Waals surface area contributed by atoms with Gasteiger partial charge in [0.05, 0.1) is 4.88 Å². The lowest BCUT2D eigenvalue weighted by Crippen LogP contribution is -2.47. The minimum Gasteiger partial charge on any atom is -0.369 e. The average Bonchev–Trinajstić information content (AvgIpc) is 3.27. The normalized spacial score (nSPS) is 14.6. The second-order valence-electron chi connectivity index (χ2n) is 7.35.